The highest BCUT2D eigenvalue weighted by Crippen LogP contribution is 2.11. The first kappa shape index (κ1) is 60.6. The number of amides is 1. The van der Waals surface area contributed by atoms with Crippen LogP contribution in [0.4, 0.5) is 0 Å². The Bertz CT molecular complexity index is 820. The largest absolute Gasteiger partial charge is 0.395 e. The quantitative estimate of drug-likeness (QED) is 0.0201. The van der Waals surface area contributed by atoms with Gasteiger partial charge in [-0.15, -0.1) is 0 Å². The molecule has 1 amide bonds. The van der Waals surface area contributed by atoms with Crippen LogP contribution in [0.2, 0.25) is 0 Å². The number of allylic oxidation sites excluding steroid dienone is 4. The van der Waals surface area contributed by atoms with E-state index in [0.717, 1.165) is 25.7 Å². The van der Waals surface area contributed by atoms with Gasteiger partial charge in [0.1, 0.15) is 6.29 Å². The second-order valence-corrected chi connectivity index (χ2v) is 15.7. The molecule has 0 heterocycles. The van der Waals surface area contributed by atoms with Gasteiger partial charge in [-0.2, -0.15) is 0 Å². The molecule has 0 aliphatic carbocycles. The first-order valence-electron chi connectivity index (χ1n) is 24.1. The topological polar surface area (TPSA) is 160 Å². The highest BCUT2D eigenvalue weighted by molar-refractivity contribution is 5.77. The van der Waals surface area contributed by atoms with Crippen LogP contribution in [0.3, 0.4) is 0 Å². The molecule has 0 aliphatic rings. The smallest absolute Gasteiger partial charge is 0.234 e. The van der Waals surface area contributed by atoms with E-state index in [0.29, 0.717) is 32.7 Å². The number of rotatable bonds is 43. The molecular formula is C48H98N4O6. The highest BCUT2D eigenvalue weighted by Gasteiger charge is 2.09. The fourth-order valence-corrected chi connectivity index (χ4v) is 6.49. The predicted molar refractivity (Wildman–Crippen MR) is 248 cm³/mol. The number of hydrogen-bond acceptors (Lipinski definition) is 9. The van der Waals surface area contributed by atoms with Crippen molar-refractivity contribution in [3.63, 3.8) is 0 Å². The van der Waals surface area contributed by atoms with Crippen LogP contribution >= 0.6 is 0 Å². The number of aldehydes is 1. The number of hydrogen-bond donors (Lipinski definition) is 6. The molecule has 7 N–H and O–H groups in total. The van der Waals surface area contributed by atoms with E-state index in [1.165, 1.54) is 167 Å². The van der Waals surface area contributed by atoms with Crippen LogP contribution in [0.5, 0.6) is 0 Å². The van der Waals surface area contributed by atoms with Crippen molar-refractivity contribution < 1.29 is 30.0 Å². The maximum absolute atomic E-state index is 11.8. The van der Waals surface area contributed by atoms with Gasteiger partial charge in [-0.3, -0.25) is 14.6 Å². The van der Waals surface area contributed by atoms with Crippen molar-refractivity contribution in [1.82, 2.24) is 15.1 Å². The third kappa shape index (κ3) is 56.4. The maximum Gasteiger partial charge on any atom is 0.234 e. The summed E-state index contributed by atoms with van der Waals surface area (Å²) in [5, 5.41) is 37.7. The Labute approximate surface area is 358 Å². The fourth-order valence-electron chi connectivity index (χ4n) is 6.49. The van der Waals surface area contributed by atoms with E-state index in [1.807, 2.05) is 0 Å². The van der Waals surface area contributed by atoms with Crippen LogP contribution in [-0.2, 0) is 9.59 Å². The Morgan fingerprint density at radius 3 is 1.16 bits per heavy atom. The lowest BCUT2D eigenvalue weighted by Gasteiger charge is -2.19. The predicted octanol–water partition coefficient (Wildman–Crippen LogP) is 8.88. The Morgan fingerprint density at radius 2 is 0.810 bits per heavy atom. The Balaban J connectivity index is -0.000000888. The molecule has 10 nitrogen and oxygen atoms in total. The van der Waals surface area contributed by atoms with Crippen molar-refractivity contribution in [2.24, 2.45) is 5.73 Å². The van der Waals surface area contributed by atoms with Crippen molar-refractivity contribution in [2.75, 3.05) is 78.8 Å². The lowest BCUT2D eigenvalue weighted by molar-refractivity contribution is -0.122. The summed E-state index contributed by atoms with van der Waals surface area (Å²) in [6.07, 6.45) is 47.3. The van der Waals surface area contributed by atoms with E-state index in [1.54, 1.807) is 9.80 Å². The average molecular weight is 827 g/mol. The van der Waals surface area contributed by atoms with Gasteiger partial charge in [-0.1, -0.05) is 154 Å². The number of aliphatic hydroxyl groups excluding tert-OH is 4. The Kier molecular flexibility index (Phi) is 60.1. The molecule has 58 heavy (non-hydrogen) atoms. The minimum Gasteiger partial charge on any atom is -0.395 e. The van der Waals surface area contributed by atoms with Crippen LogP contribution < -0.4 is 11.1 Å². The van der Waals surface area contributed by atoms with E-state index in [2.05, 4.69) is 43.5 Å². The van der Waals surface area contributed by atoms with Gasteiger partial charge in [0.25, 0.3) is 0 Å². The third-order valence-corrected chi connectivity index (χ3v) is 10.1. The minimum atomic E-state index is -0.0281. The van der Waals surface area contributed by atoms with Gasteiger partial charge in [0.2, 0.25) is 5.91 Å². The number of carbonyl (C=O) groups is 2. The second-order valence-electron chi connectivity index (χ2n) is 15.7. The SMILES string of the molecule is CCCCCCCC/C=C\CCCCCCCCN.CCCCCCCC/C=C\CCCCCCCCNC(=O)CN(CCO)CCO.O=CCN(CCO)CCO. The van der Waals surface area contributed by atoms with Gasteiger partial charge >= 0.3 is 0 Å². The number of aliphatic hydroxyl groups is 4. The highest BCUT2D eigenvalue weighted by atomic mass is 16.3. The molecule has 10 heteroatoms. The van der Waals surface area contributed by atoms with Crippen LogP contribution in [0.15, 0.2) is 24.3 Å². The Hall–Kier alpha value is -1.66. The lowest BCUT2D eigenvalue weighted by Crippen LogP contribution is -2.40. The van der Waals surface area contributed by atoms with Crippen LogP contribution in [-0.4, -0.2) is 121 Å². The summed E-state index contributed by atoms with van der Waals surface area (Å²) in [6, 6.07) is 0. The standard InChI is InChI=1S/C24H48N2O3.C18H37N.C6H13NO3/c1-2-3-4-5-6-7-8-9-10-11-12-13-14-15-16-17-18-25-24(29)23-26(19-21-27)20-22-28;1-2-3-4-5-6-7-8-9-10-11-12-13-14-15-16-17-18-19;8-4-1-7(2-5-9)3-6-10/h9-10,27-28H,2-8,11-23H2,1H3,(H,25,29);9-10H,2-8,11-19H2,1H3;4,9-10H,1-3,5-6H2/b2*10-9-;. The number of nitrogens with zero attached hydrogens (tertiary/aromatic N) is 2. The molecule has 0 spiro atoms. The van der Waals surface area contributed by atoms with Gasteiger partial charge in [0, 0.05) is 32.7 Å². The zero-order valence-electron chi connectivity index (χ0n) is 38.2. The summed E-state index contributed by atoms with van der Waals surface area (Å²) in [4.78, 5) is 25.2. The summed E-state index contributed by atoms with van der Waals surface area (Å²) < 4.78 is 0. The molecule has 0 radical (unpaired) electrons. The fraction of sp³-hybridized carbons (Fsp3) is 0.875. The zero-order valence-corrected chi connectivity index (χ0v) is 38.2. The van der Waals surface area contributed by atoms with E-state index in [9.17, 15) is 9.59 Å². The molecule has 0 rings (SSSR count). The van der Waals surface area contributed by atoms with Crippen LogP contribution in [0.1, 0.15) is 194 Å². The van der Waals surface area contributed by atoms with Crippen molar-refractivity contribution >= 4 is 12.2 Å². The van der Waals surface area contributed by atoms with E-state index in [-0.39, 0.29) is 45.4 Å². The molecule has 0 aromatic heterocycles. The zero-order chi connectivity index (χ0) is 43.3. The molecule has 0 unspecified atom stereocenters. The third-order valence-electron chi connectivity index (χ3n) is 10.1. The van der Waals surface area contributed by atoms with Crippen molar-refractivity contribution in [3.8, 4) is 0 Å². The molecule has 0 saturated carbocycles. The number of nitrogens with one attached hydrogen (secondary N) is 1. The number of unbranched alkanes of at least 4 members (excludes halogenated alkanes) is 24. The minimum absolute atomic E-state index is 0.00218. The number of nitrogens with two attached hydrogens (primary N) is 1. The van der Waals surface area contributed by atoms with E-state index < -0.39 is 0 Å². The molecule has 0 atom stereocenters. The lowest BCUT2D eigenvalue weighted by atomic mass is 10.1. The first-order chi connectivity index (χ1) is 28.5. The van der Waals surface area contributed by atoms with Gasteiger partial charge in [0.05, 0.1) is 39.5 Å². The molecule has 0 aromatic carbocycles. The second kappa shape index (κ2) is 57.4. The van der Waals surface area contributed by atoms with Crippen molar-refractivity contribution in [3.05, 3.63) is 24.3 Å². The molecule has 346 valence electrons. The summed E-state index contributed by atoms with van der Waals surface area (Å²) in [7, 11) is 0. The molecule has 0 aromatic rings. The van der Waals surface area contributed by atoms with Gasteiger partial charge in [-0.25, -0.2) is 0 Å². The maximum atomic E-state index is 11.8. The van der Waals surface area contributed by atoms with Crippen molar-refractivity contribution in [2.45, 2.75) is 194 Å². The summed E-state index contributed by atoms with van der Waals surface area (Å²) >= 11 is 0. The van der Waals surface area contributed by atoms with Gasteiger partial charge < -0.3 is 36.3 Å². The average Bonchev–Trinajstić information content (AvgIpc) is 3.21. The molecule has 0 aliphatic heterocycles. The summed E-state index contributed by atoms with van der Waals surface area (Å²) in [5.41, 5.74) is 5.47. The Morgan fingerprint density at radius 1 is 0.483 bits per heavy atom. The molecule has 0 saturated heterocycles. The van der Waals surface area contributed by atoms with E-state index in [4.69, 9.17) is 26.2 Å². The first-order valence-corrected chi connectivity index (χ1v) is 24.1. The molecule has 0 bridgehead atoms. The summed E-state index contributed by atoms with van der Waals surface area (Å²) in [5.74, 6) is -0.0281. The molecular weight excluding hydrogens is 729 g/mol. The van der Waals surface area contributed by atoms with E-state index >= 15 is 0 Å². The summed E-state index contributed by atoms with van der Waals surface area (Å²) in [6.45, 7) is 8.42. The monoisotopic (exact) mass is 827 g/mol. The number of carbonyl (C=O) groups excluding carboxylic acids is 2. The normalized spacial score (nSPS) is 11.3. The van der Waals surface area contributed by atoms with Crippen molar-refractivity contribution in [1.29, 1.82) is 0 Å². The van der Waals surface area contributed by atoms with Crippen LogP contribution in [0.25, 0.3) is 0 Å². The van der Waals surface area contributed by atoms with Gasteiger partial charge in [0.15, 0.2) is 0 Å². The van der Waals surface area contributed by atoms with Gasteiger partial charge in [-0.05, 0) is 70.8 Å². The van der Waals surface area contributed by atoms with Crippen LogP contribution in [0, 0.1) is 0 Å². The molecule has 0 fully saturated rings.